The summed E-state index contributed by atoms with van der Waals surface area (Å²) < 4.78 is 12.9. The van der Waals surface area contributed by atoms with Crippen molar-refractivity contribution >= 4 is 34.2 Å². The molecule has 1 aromatic heterocycles. The molecule has 0 bridgehead atoms. The maximum atomic E-state index is 12.9. The zero-order chi connectivity index (χ0) is 23.3. The van der Waals surface area contributed by atoms with E-state index in [2.05, 4.69) is 22.3 Å². The minimum Gasteiger partial charge on any atom is -0.394 e. The third-order valence-corrected chi connectivity index (χ3v) is 10.4. The number of nitrogens with one attached hydrogen (secondary N) is 1. The monoisotopic (exact) mass is 500 g/mol. The number of fused-ring (bicyclic) bond motifs is 1. The molecule has 2 aromatic rings. The van der Waals surface area contributed by atoms with E-state index in [1.165, 1.54) is 31.2 Å². The molecule has 1 unspecified atom stereocenters. The van der Waals surface area contributed by atoms with Crippen LogP contribution in [0, 0.1) is 5.41 Å². The molecular weight excluding hydrogens is 468 g/mol. The lowest BCUT2D eigenvalue weighted by atomic mass is 9.65. The minimum atomic E-state index is -1.08. The molecule has 2 aliphatic carbocycles. The molecule has 1 atom stereocenters. The second-order valence-electron chi connectivity index (χ2n) is 10.9. The molecule has 6 rings (SSSR count). The summed E-state index contributed by atoms with van der Waals surface area (Å²) in [6, 6.07) is 8.36. The van der Waals surface area contributed by atoms with E-state index >= 15 is 0 Å². The second kappa shape index (κ2) is 8.75. The first-order chi connectivity index (χ1) is 16.5. The summed E-state index contributed by atoms with van der Waals surface area (Å²) in [5.74, 6) is 2.75. The summed E-state index contributed by atoms with van der Waals surface area (Å²) in [5.41, 5.74) is 2.37. The van der Waals surface area contributed by atoms with E-state index in [1.807, 2.05) is 12.1 Å². The molecule has 4 aliphatic rings. The molecule has 1 aromatic carbocycles. The molecule has 2 saturated carbocycles. The van der Waals surface area contributed by atoms with Gasteiger partial charge < -0.3 is 15.3 Å². The summed E-state index contributed by atoms with van der Waals surface area (Å²) in [4.78, 5) is 12.9. The molecule has 0 amide bonds. The molecule has 2 N–H and O–H groups in total. The van der Waals surface area contributed by atoms with Crippen LogP contribution < -0.4 is 10.2 Å². The van der Waals surface area contributed by atoms with Gasteiger partial charge in [-0.05, 0) is 81.4 Å². The quantitative estimate of drug-likeness (QED) is 0.621. The Hall–Kier alpha value is -1.70. The number of hydrogen-bond acceptors (Lipinski definition) is 6. The van der Waals surface area contributed by atoms with E-state index in [-0.39, 0.29) is 12.1 Å². The van der Waals surface area contributed by atoms with Crippen molar-refractivity contribution in [2.24, 2.45) is 5.41 Å². The first-order valence-electron chi connectivity index (χ1n) is 12.7. The van der Waals surface area contributed by atoms with Crippen molar-refractivity contribution in [3.8, 4) is 0 Å². The van der Waals surface area contributed by atoms with Gasteiger partial charge in [0.1, 0.15) is 10.7 Å². The zero-order valence-electron chi connectivity index (χ0n) is 19.6. The Morgan fingerprint density at radius 2 is 1.82 bits per heavy atom. The van der Waals surface area contributed by atoms with E-state index in [1.54, 1.807) is 0 Å². The topological polar surface area (TPSA) is 78.4 Å². The highest BCUT2D eigenvalue weighted by Crippen LogP contribution is 2.49. The van der Waals surface area contributed by atoms with Crippen molar-refractivity contribution in [1.29, 1.82) is 0 Å². The maximum absolute atomic E-state index is 12.9. The van der Waals surface area contributed by atoms with Crippen molar-refractivity contribution in [3.05, 3.63) is 40.5 Å². The summed E-state index contributed by atoms with van der Waals surface area (Å²) in [6.07, 6.45) is 9.57. The van der Waals surface area contributed by atoms with Crippen LogP contribution in [0.15, 0.2) is 29.2 Å². The van der Waals surface area contributed by atoms with Gasteiger partial charge in [0.2, 0.25) is 5.95 Å². The molecule has 0 radical (unpaired) electrons. The first-order valence-corrected chi connectivity index (χ1v) is 14.4. The van der Waals surface area contributed by atoms with Crippen LogP contribution in [0.2, 0.25) is 5.02 Å². The van der Waals surface area contributed by atoms with Crippen LogP contribution in [0.1, 0.15) is 68.5 Å². The molecule has 3 fully saturated rings. The number of aliphatic hydroxyl groups excluding tert-OH is 1. The van der Waals surface area contributed by atoms with Crippen LogP contribution in [0.5, 0.6) is 0 Å². The Kier molecular flexibility index (Phi) is 5.85. The van der Waals surface area contributed by atoms with Gasteiger partial charge in [-0.15, -0.1) is 0 Å². The average molecular weight is 501 g/mol. The van der Waals surface area contributed by atoms with Crippen molar-refractivity contribution in [1.82, 2.24) is 9.97 Å². The summed E-state index contributed by atoms with van der Waals surface area (Å²) >= 11 is 6.07. The number of anilines is 2. The van der Waals surface area contributed by atoms with Crippen molar-refractivity contribution in [2.75, 3.05) is 35.7 Å². The van der Waals surface area contributed by atoms with Gasteiger partial charge in [-0.25, -0.2) is 4.98 Å². The molecule has 3 heterocycles. The third-order valence-electron chi connectivity index (χ3n) is 8.61. The number of hydrogen-bond donors (Lipinski definition) is 2. The van der Waals surface area contributed by atoms with Crippen LogP contribution in [0.25, 0.3) is 0 Å². The normalized spacial score (nSPS) is 25.4. The number of aryl methyl sites for hydroxylation is 1. The predicted octanol–water partition coefficient (Wildman–Crippen LogP) is 4.67. The summed E-state index contributed by atoms with van der Waals surface area (Å²) in [5, 5.41) is 14.3. The zero-order valence-corrected chi connectivity index (χ0v) is 21.1. The largest absolute Gasteiger partial charge is 0.394 e. The van der Waals surface area contributed by atoms with Gasteiger partial charge in [0, 0.05) is 29.3 Å². The number of halogens is 1. The number of rotatable bonds is 5. The average Bonchev–Trinajstić information content (AvgIpc) is 2.80. The van der Waals surface area contributed by atoms with E-state index in [0.29, 0.717) is 22.9 Å². The minimum absolute atomic E-state index is 0.0787. The fourth-order valence-electron chi connectivity index (χ4n) is 6.29. The molecule has 6 nitrogen and oxygen atoms in total. The van der Waals surface area contributed by atoms with Crippen LogP contribution >= 0.6 is 11.6 Å². The first kappa shape index (κ1) is 22.7. The lowest BCUT2D eigenvalue weighted by Gasteiger charge is -2.53. The number of benzene rings is 1. The van der Waals surface area contributed by atoms with Crippen LogP contribution in [0.4, 0.5) is 11.8 Å². The number of nitrogens with zero attached hydrogens (tertiary/aromatic N) is 3. The van der Waals surface area contributed by atoms with Crippen molar-refractivity contribution < 1.29 is 9.32 Å². The molecule has 2 aliphatic heterocycles. The SMILES string of the molecule is O=S1CCCc2nc(N3CC4(CCC(c5ccc(Cl)cc5)CC4)C3)nc(NC3(CO)CCC3)c21. The van der Waals surface area contributed by atoms with E-state index in [9.17, 15) is 9.32 Å². The van der Waals surface area contributed by atoms with Gasteiger partial charge in [-0.2, -0.15) is 4.98 Å². The Balaban J connectivity index is 1.18. The van der Waals surface area contributed by atoms with Crippen LogP contribution in [0.3, 0.4) is 0 Å². The summed E-state index contributed by atoms with van der Waals surface area (Å²) in [7, 11) is -1.08. The van der Waals surface area contributed by atoms with Gasteiger partial charge in [0.25, 0.3) is 0 Å². The molecule has 182 valence electrons. The predicted molar refractivity (Wildman–Crippen MR) is 136 cm³/mol. The van der Waals surface area contributed by atoms with Crippen molar-refractivity contribution in [3.63, 3.8) is 0 Å². The molecule has 34 heavy (non-hydrogen) atoms. The standard InChI is InChI=1S/C26H33ClN4O2S/c27-20-6-4-18(5-7-20)19-8-12-25(13-9-19)15-31(16-25)24-28-21-3-1-14-34(33)22(21)23(29-24)30-26(17-32)10-2-11-26/h4-7,19,32H,1-3,8-17H2,(H,28,29,30). The van der Waals surface area contributed by atoms with E-state index in [4.69, 9.17) is 21.6 Å². The van der Waals surface area contributed by atoms with Gasteiger partial charge in [-0.3, -0.25) is 4.21 Å². The Labute approximate surface area is 209 Å². The Morgan fingerprint density at radius 1 is 1.09 bits per heavy atom. The van der Waals surface area contributed by atoms with E-state index < -0.39 is 10.8 Å². The van der Waals surface area contributed by atoms with Gasteiger partial charge in [0.05, 0.1) is 28.6 Å². The lowest BCUT2D eigenvalue weighted by Crippen LogP contribution is -2.58. The number of aliphatic hydroxyl groups is 1. The fourth-order valence-corrected chi connectivity index (χ4v) is 7.75. The maximum Gasteiger partial charge on any atom is 0.227 e. The summed E-state index contributed by atoms with van der Waals surface area (Å²) in [6.45, 7) is 2.06. The Bertz CT molecular complexity index is 1080. The molecule has 1 saturated heterocycles. The third kappa shape index (κ3) is 4.03. The van der Waals surface area contributed by atoms with E-state index in [0.717, 1.165) is 66.8 Å². The van der Waals surface area contributed by atoms with Crippen LogP contribution in [-0.2, 0) is 17.2 Å². The molecule has 1 spiro atoms. The van der Waals surface area contributed by atoms with Gasteiger partial charge in [-0.1, -0.05) is 23.7 Å². The Morgan fingerprint density at radius 3 is 2.47 bits per heavy atom. The molecular formula is C26H33ClN4O2S. The highest BCUT2D eigenvalue weighted by Gasteiger charge is 2.47. The highest BCUT2D eigenvalue weighted by molar-refractivity contribution is 7.85. The highest BCUT2D eigenvalue weighted by atomic mass is 35.5. The van der Waals surface area contributed by atoms with Crippen molar-refractivity contribution in [2.45, 2.75) is 74.1 Å². The smallest absolute Gasteiger partial charge is 0.227 e. The fraction of sp³-hybridized carbons (Fsp3) is 0.615. The second-order valence-corrected chi connectivity index (χ2v) is 12.8. The molecule has 8 heteroatoms. The lowest BCUT2D eigenvalue weighted by molar-refractivity contribution is 0.126. The number of aromatic nitrogens is 2. The van der Waals surface area contributed by atoms with Crippen LogP contribution in [-0.4, -0.2) is 50.3 Å². The van der Waals surface area contributed by atoms with Gasteiger partial charge in [0.15, 0.2) is 0 Å². The van der Waals surface area contributed by atoms with Gasteiger partial charge >= 0.3 is 0 Å².